The second kappa shape index (κ2) is 9.21. The van der Waals surface area contributed by atoms with Crippen molar-refractivity contribution in [3.8, 4) is 6.07 Å². The minimum Gasteiger partial charge on any atom is -0.366 e. The third kappa shape index (κ3) is 4.49. The van der Waals surface area contributed by atoms with E-state index in [9.17, 15) is 35.9 Å². The van der Waals surface area contributed by atoms with Gasteiger partial charge in [0.25, 0.3) is 5.91 Å². The smallest absolute Gasteiger partial charge is 0.366 e. The highest BCUT2D eigenvalue weighted by molar-refractivity contribution is 5.98. The zero-order valence-corrected chi connectivity index (χ0v) is 21.2. The molecule has 2 aromatic rings. The maximum absolute atomic E-state index is 13.9. The fourth-order valence-electron chi connectivity index (χ4n) is 6.16. The quantitative estimate of drug-likeness (QED) is 0.533. The van der Waals surface area contributed by atoms with E-state index in [4.69, 9.17) is 14.7 Å². The van der Waals surface area contributed by atoms with Gasteiger partial charge in [0.05, 0.1) is 52.5 Å². The van der Waals surface area contributed by atoms with E-state index in [0.29, 0.717) is 0 Å². The molecule has 1 N–H and O–H groups in total. The summed E-state index contributed by atoms with van der Waals surface area (Å²) in [6.07, 6.45) is -9.11. The molecule has 2 unspecified atom stereocenters. The van der Waals surface area contributed by atoms with Crippen LogP contribution >= 0.6 is 0 Å². The molecular weight excluding hydrogens is 544 g/mol. The van der Waals surface area contributed by atoms with Crippen molar-refractivity contribution in [2.45, 2.75) is 49.9 Å². The van der Waals surface area contributed by atoms with Crippen LogP contribution in [-0.2, 0) is 26.6 Å². The number of carbonyl (C=O) groups is 2. The zero-order valence-electron chi connectivity index (χ0n) is 21.2. The number of nitrogens with zero attached hydrogens (tertiary/aromatic N) is 2. The number of rotatable bonds is 3. The molecule has 5 rings (SSSR count). The van der Waals surface area contributed by atoms with E-state index in [1.165, 1.54) is 12.1 Å². The van der Waals surface area contributed by atoms with Crippen molar-refractivity contribution in [2.75, 3.05) is 18.2 Å². The van der Waals surface area contributed by atoms with Gasteiger partial charge >= 0.3 is 12.4 Å². The fourth-order valence-corrected chi connectivity index (χ4v) is 6.16. The van der Waals surface area contributed by atoms with E-state index < -0.39 is 69.9 Å². The van der Waals surface area contributed by atoms with Crippen molar-refractivity contribution >= 4 is 17.5 Å². The van der Waals surface area contributed by atoms with E-state index in [1.54, 1.807) is 13.8 Å². The molecule has 13 heteroatoms. The van der Waals surface area contributed by atoms with Gasteiger partial charge in [-0.15, -0.1) is 0 Å². The molecule has 3 heterocycles. The van der Waals surface area contributed by atoms with Crippen LogP contribution in [-0.4, -0.2) is 42.4 Å². The molecule has 5 atom stereocenters. The zero-order chi connectivity index (χ0) is 29.3. The highest BCUT2D eigenvalue weighted by Crippen LogP contribution is 2.58. The highest BCUT2D eigenvalue weighted by Gasteiger charge is 2.70. The number of alkyl halides is 6. The van der Waals surface area contributed by atoms with E-state index >= 15 is 0 Å². The van der Waals surface area contributed by atoms with Crippen molar-refractivity contribution in [1.82, 2.24) is 5.32 Å². The SMILES string of the molecule is CC12C[C@@H](NC(=O)c3ccc(C(F)(F)F)cc3)C(C)(O1)[C@@H]1C(=O)N(c3ccc(C#N)c(C(F)(F)F)c3)COC[C@@H]12. The predicted molar refractivity (Wildman–Crippen MR) is 127 cm³/mol. The molecule has 3 aliphatic heterocycles. The lowest BCUT2D eigenvalue weighted by Crippen LogP contribution is -2.59. The third-order valence-corrected chi connectivity index (χ3v) is 8.13. The normalized spacial score (nSPS) is 30.0. The molecule has 3 saturated heterocycles. The number of amides is 2. The van der Waals surface area contributed by atoms with Gasteiger partial charge in [0.15, 0.2) is 0 Å². The molecule has 0 aliphatic carbocycles. The van der Waals surface area contributed by atoms with Gasteiger partial charge < -0.3 is 14.8 Å². The number of hydrogen-bond acceptors (Lipinski definition) is 5. The Morgan fingerprint density at radius 1 is 1.07 bits per heavy atom. The van der Waals surface area contributed by atoms with Crippen LogP contribution in [0.25, 0.3) is 0 Å². The van der Waals surface area contributed by atoms with Gasteiger partial charge in [0.1, 0.15) is 6.73 Å². The molecule has 0 spiro atoms. The van der Waals surface area contributed by atoms with Gasteiger partial charge in [-0.05, 0) is 62.7 Å². The predicted octanol–water partition coefficient (Wildman–Crippen LogP) is 4.90. The molecule has 3 aliphatic rings. The monoisotopic (exact) mass is 567 g/mol. The Labute approximate surface area is 224 Å². The Balaban J connectivity index is 1.43. The molecular formula is C27H23F6N3O4. The standard InChI is InChI=1S/C27H23F6N3O4/c1-24-10-20(35-22(37)14-3-6-16(7-4-14)26(28,29)30)25(2,40-24)21-19(24)12-39-13-36(23(21)38)17-8-5-15(11-34)18(9-17)27(31,32)33/h3-9,19-21H,10,12-13H2,1-2H3,(H,35,37)/t19-,20+,21-,24?,25?/m0/s1. The molecule has 0 aromatic heterocycles. The van der Waals surface area contributed by atoms with Gasteiger partial charge in [-0.3, -0.25) is 14.5 Å². The number of benzene rings is 2. The average molecular weight is 567 g/mol. The van der Waals surface area contributed by atoms with E-state index in [-0.39, 0.29) is 31.0 Å². The third-order valence-electron chi connectivity index (χ3n) is 8.13. The lowest BCUT2D eigenvalue weighted by Gasteiger charge is -2.40. The highest BCUT2D eigenvalue weighted by atomic mass is 19.4. The van der Waals surface area contributed by atoms with Crippen LogP contribution in [0.2, 0.25) is 0 Å². The van der Waals surface area contributed by atoms with Crippen LogP contribution in [0.4, 0.5) is 32.0 Å². The largest absolute Gasteiger partial charge is 0.417 e. The Morgan fingerprint density at radius 3 is 2.35 bits per heavy atom. The van der Waals surface area contributed by atoms with Gasteiger partial charge in [0, 0.05) is 17.2 Å². The number of fused-ring (bicyclic) bond motifs is 5. The van der Waals surface area contributed by atoms with Gasteiger partial charge in [-0.25, -0.2) is 0 Å². The van der Waals surface area contributed by atoms with Crippen LogP contribution < -0.4 is 10.2 Å². The maximum Gasteiger partial charge on any atom is 0.417 e. The van der Waals surface area contributed by atoms with Crippen LogP contribution in [0.15, 0.2) is 42.5 Å². The van der Waals surface area contributed by atoms with Crippen molar-refractivity contribution in [1.29, 1.82) is 5.26 Å². The number of anilines is 1. The number of hydrogen-bond donors (Lipinski definition) is 1. The van der Waals surface area contributed by atoms with Crippen LogP contribution in [0.1, 0.15) is 47.3 Å². The minimum absolute atomic E-state index is 0.0181. The molecule has 7 nitrogen and oxygen atoms in total. The number of ether oxygens (including phenoxy) is 2. The van der Waals surface area contributed by atoms with E-state index in [1.807, 2.05) is 0 Å². The maximum atomic E-state index is 13.9. The first kappa shape index (κ1) is 27.9. The summed E-state index contributed by atoms with van der Waals surface area (Å²) in [5.74, 6) is -2.63. The number of halogens is 6. The Morgan fingerprint density at radius 2 is 1.75 bits per heavy atom. The topological polar surface area (TPSA) is 91.7 Å². The summed E-state index contributed by atoms with van der Waals surface area (Å²) >= 11 is 0. The molecule has 2 aromatic carbocycles. The van der Waals surface area contributed by atoms with E-state index in [0.717, 1.165) is 41.3 Å². The van der Waals surface area contributed by atoms with Crippen molar-refractivity contribution < 1.29 is 45.4 Å². The minimum atomic E-state index is -4.83. The molecule has 40 heavy (non-hydrogen) atoms. The summed E-state index contributed by atoms with van der Waals surface area (Å²) in [6.45, 7) is 3.13. The molecule has 212 valence electrons. The second-order valence-corrected chi connectivity index (χ2v) is 10.6. The second-order valence-electron chi connectivity index (χ2n) is 10.6. The van der Waals surface area contributed by atoms with Gasteiger partial charge in [-0.1, -0.05) is 0 Å². The summed E-state index contributed by atoms with van der Waals surface area (Å²) in [6, 6.07) is 7.40. The lowest BCUT2D eigenvalue weighted by molar-refractivity contribution is -0.138. The Bertz CT molecular complexity index is 1400. The molecule has 0 saturated carbocycles. The Hall–Kier alpha value is -3.63. The van der Waals surface area contributed by atoms with Gasteiger partial charge in [0.2, 0.25) is 5.91 Å². The van der Waals surface area contributed by atoms with Crippen molar-refractivity contribution in [3.05, 3.63) is 64.7 Å². The first-order valence-corrected chi connectivity index (χ1v) is 12.3. The van der Waals surface area contributed by atoms with Crippen molar-refractivity contribution in [3.63, 3.8) is 0 Å². The van der Waals surface area contributed by atoms with Crippen molar-refractivity contribution in [2.24, 2.45) is 11.8 Å². The number of carbonyl (C=O) groups excluding carboxylic acids is 2. The number of nitrogens with one attached hydrogen (secondary N) is 1. The van der Waals surface area contributed by atoms with Crippen LogP contribution in [0.5, 0.6) is 0 Å². The molecule has 0 radical (unpaired) electrons. The molecule has 3 fully saturated rings. The summed E-state index contributed by atoms with van der Waals surface area (Å²) < 4.78 is 91.6. The number of nitriles is 1. The first-order valence-electron chi connectivity index (χ1n) is 12.3. The average Bonchev–Trinajstić information content (AvgIpc) is 3.16. The Kier molecular flexibility index (Phi) is 6.43. The van der Waals surface area contributed by atoms with E-state index in [2.05, 4.69) is 5.32 Å². The summed E-state index contributed by atoms with van der Waals surface area (Å²) in [5, 5.41) is 11.9. The molecule has 2 bridgehead atoms. The molecule has 2 amide bonds. The first-order chi connectivity index (χ1) is 18.6. The summed E-state index contributed by atoms with van der Waals surface area (Å²) in [4.78, 5) is 27.9. The van der Waals surface area contributed by atoms with Crippen LogP contribution in [0.3, 0.4) is 0 Å². The summed E-state index contributed by atoms with van der Waals surface area (Å²) in [7, 11) is 0. The van der Waals surface area contributed by atoms with Crippen LogP contribution in [0, 0.1) is 23.2 Å². The lowest BCUT2D eigenvalue weighted by atomic mass is 9.65. The van der Waals surface area contributed by atoms with Gasteiger partial charge in [-0.2, -0.15) is 31.6 Å². The summed E-state index contributed by atoms with van der Waals surface area (Å²) in [5.41, 5.74) is -5.03. The fraction of sp³-hybridized carbons (Fsp3) is 0.444.